The summed E-state index contributed by atoms with van der Waals surface area (Å²) in [5.74, 6) is 2.19. The van der Waals surface area contributed by atoms with Gasteiger partial charge in [0.05, 0.1) is 13.3 Å². The highest BCUT2D eigenvalue weighted by atomic mass is 32.2. The molecule has 0 fully saturated rings. The van der Waals surface area contributed by atoms with Crippen LogP contribution in [0.5, 0.6) is 11.5 Å². The van der Waals surface area contributed by atoms with E-state index in [1.165, 1.54) is 17.3 Å². The second-order valence-electron chi connectivity index (χ2n) is 8.16. The van der Waals surface area contributed by atoms with Crippen molar-refractivity contribution in [1.29, 1.82) is 0 Å². The zero-order valence-corrected chi connectivity index (χ0v) is 19.9. The molecular weight excluding hydrogens is 408 g/mol. The zero-order valence-electron chi connectivity index (χ0n) is 19.0. The van der Waals surface area contributed by atoms with Crippen LogP contribution in [0.25, 0.3) is 0 Å². The predicted octanol–water partition coefficient (Wildman–Crippen LogP) is 5.33. The minimum absolute atomic E-state index is 0.140. The fourth-order valence-corrected chi connectivity index (χ4v) is 3.48. The molecule has 0 saturated heterocycles. The number of rotatable bonds is 8. The van der Waals surface area contributed by atoms with Crippen LogP contribution in [0.15, 0.2) is 52.7 Å². The average molecular weight is 439 g/mol. The van der Waals surface area contributed by atoms with Gasteiger partial charge in [0.25, 0.3) is 0 Å². The summed E-state index contributed by atoms with van der Waals surface area (Å²) < 4.78 is 13.3. The van der Waals surface area contributed by atoms with Gasteiger partial charge in [0, 0.05) is 6.42 Å². The number of thioether (sulfide) groups is 1. The van der Waals surface area contributed by atoms with E-state index < -0.39 is 0 Å². The highest BCUT2D eigenvalue weighted by molar-refractivity contribution is 7.98. The molecular formula is C24H30N4O2S. The first-order valence-corrected chi connectivity index (χ1v) is 11.5. The van der Waals surface area contributed by atoms with Crippen LogP contribution in [0.3, 0.4) is 0 Å². The number of benzene rings is 2. The van der Waals surface area contributed by atoms with E-state index in [9.17, 15) is 0 Å². The molecule has 3 aromatic rings. The largest absolute Gasteiger partial charge is 0.493 e. The van der Waals surface area contributed by atoms with Crippen molar-refractivity contribution < 1.29 is 9.47 Å². The van der Waals surface area contributed by atoms with Gasteiger partial charge in [-0.1, -0.05) is 63.7 Å². The first-order chi connectivity index (χ1) is 14.9. The Morgan fingerprint density at radius 2 is 1.81 bits per heavy atom. The molecule has 0 saturated carbocycles. The van der Waals surface area contributed by atoms with E-state index in [4.69, 9.17) is 9.47 Å². The summed E-state index contributed by atoms with van der Waals surface area (Å²) in [6.07, 6.45) is 4.50. The maximum Gasteiger partial charge on any atom is 0.211 e. The summed E-state index contributed by atoms with van der Waals surface area (Å²) in [6, 6.07) is 14.3. The van der Waals surface area contributed by atoms with E-state index >= 15 is 0 Å². The van der Waals surface area contributed by atoms with Crippen molar-refractivity contribution in [3.63, 3.8) is 0 Å². The van der Waals surface area contributed by atoms with Crippen molar-refractivity contribution in [3.8, 4) is 11.5 Å². The summed E-state index contributed by atoms with van der Waals surface area (Å²) in [5, 5.41) is 13.6. The maximum absolute atomic E-state index is 6.02. The Kier molecular flexibility index (Phi) is 7.38. The molecule has 31 heavy (non-hydrogen) atoms. The first-order valence-electron chi connectivity index (χ1n) is 10.3. The summed E-state index contributed by atoms with van der Waals surface area (Å²) in [6.45, 7) is 9.14. The van der Waals surface area contributed by atoms with Crippen LogP contribution in [0.4, 0.5) is 0 Å². The van der Waals surface area contributed by atoms with Crippen LogP contribution in [0, 0.1) is 0 Å². The van der Waals surface area contributed by atoms with Gasteiger partial charge in [-0.2, -0.15) is 9.78 Å². The SMILES string of the molecule is CCc1nnc(SC)n1/N=C\c1ccc(OCc2ccc(C(C)(C)C)cc2)c(OC)c1. The van der Waals surface area contributed by atoms with Gasteiger partial charge in [-0.05, 0) is 46.6 Å². The maximum atomic E-state index is 6.02. The molecule has 0 aliphatic rings. The number of hydrogen-bond acceptors (Lipinski definition) is 6. The molecule has 0 N–H and O–H groups in total. The van der Waals surface area contributed by atoms with Crippen LogP contribution >= 0.6 is 11.8 Å². The van der Waals surface area contributed by atoms with E-state index in [0.29, 0.717) is 18.1 Å². The van der Waals surface area contributed by atoms with Crippen LogP contribution in [0.2, 0.25) is 0 Å². The summed E-state index contributed by atoms with van der Waals surface area (Å²) in [4.78, 5) is 0. The molecule has 0 amide bonds. The fraction of sp³-hybridized carbons (Fsp3) is 0.375. The molecule has 1 aromatic heterocycles. The van der Waals surface area contributed by atoms with Gasteiger partial charge in [0.1, 0.15) is 6.61 Å². The summed E-state index contributed by atoms with van der Waals surface area (Å²) in [7, 11) is 1.64. The third kappa shape index (κ3) is 5.67. The fourth-order valence-electron chi connectivity index (χ4n) is 3.03. The lowest BCUT2D eigenvalue weighted by molar-refractivity contribution is 0.284. The zero-order chi connectivity index (χ0) is 22.4. The van der Waals surface area contributed by atoms with Crippen molar-refractivity contribution in [2.75, 3.05) is 13.4 Å². The lowest BCUT2D eigenvalue weighted by Gasteiger charge is -2.19. The van der Waals surface area contributed by atoms with E-state index in [2.05, 4.69) is 60.3 Å². The summed E-state index contributed by atoms with van der Waals surface area (Å²) >= 11 is 1.51. The molecule has 1 heterocycles. The molecule has 164 valence electrons. The van der Waals surface area contributed by atoms with Gasteiger partial charge in [0.15, 0.2) is 17.3 Å². The number of hydrogen-bond donors (Lipinski definition) is 0. The molecule has 6 nitrogen and oxygen atoms in total. The topological polar surface area (TPSA) is 61.5 Å². The van der Waals surface area contributed by atoms with E-state index in [1.807, 2.05) is 31.4 Å². The molecule has 0 unspecified atom stereocenters. The minimum atomic E-state index is 0.140. The molecule has 0 spiro atoms. The van der Waals surface area contributed by atoms with Crippen molar-refractivity contribution in [1.82, 2.24) is 14.9 Å². The number of aromatic nitrogens is 3. The molecule has 0 aliphatic carbocycles. The van der Waals surface area contributed by atoms with E-state index in [-0.39, 0.29) is 5.41 Å². The van der Waals surface area contributed by atoms with E-state index in [0.717, 1.165) is 28.5 Å². The lowest BCUT2D eigenvalue weighted by Crippen LogP contribution is -2.10. The normalized spacial score (nSPS) is 11.8. The van der Waals surface area contributed by atoms with Gasteiger partial charge in [-0.25, -0.2) is 0 Å². The van der Waals surface area contributed by atoms with E-state index in [1.54, 1.807) is 18.0 Å². The predicted molar refractivity (Wildman–Crippen MR) is 127 cm³/mol. The smallest absolute Gasteiger partial charge is 0.211 e. The standard InChI is InChI=1S/C24H30N4O2S/c1-7-22-26-27-23(31-6)28(22)25-15-18-10-13-20(21(14-18)29-5)30-16-17-8-11-19(12-9-17)24(2,3)4/h8-15H,7,16H2,1-6H3/b25-15-. The number of ether oxygens (including phenoxy) is 2. The number of nitrogens with zero attached hydrogens (tertiary/aromatic N) is 4. The molecule has 3 rings (SSSR count). The third-order valence-corrected chi connectivity index (χ3v) is 5.52. The Balaban J connectivity index is 1.72. The minimum Gasteiger partial charge on any atom is -0.493 e. The first kappa shape index (κ1) is 22.9. The van der Waals surface area contributed by atoms with Crippen molar-refractivity contribution in [3.05, 3.63) is 65.0 Å². The number of methoxy groups -OCH3 is 1. The van der Waals surface area contributed by atoms with Gasteiger partial charge in [-0.3, -0.25) is 0 Å². The summed E-state index contributed by atoms with van der Waals surface area (Å²) in [5.41, 5.74) is 3.47. The van der Waals surface area contributed by atoms with Crippen LogP contribution in [0.1, 0.15) is 50.2 Å². The van der Waals surface area contributed by atoms with Crippen molar-refractivity contribution in [2.24, 2.45) is 5.10 Å². The Labute approximate surface area is 188 Å². The Morgan fingerprint density at radius 1 is 1.06 bits per heavy atom. The average Bonchev–Trinajstić information content (AvgIpc) is 3.18. The highest BCUT2D eigenvalue weighted by Crippen LogP contribution is 2.29. The van der Waals surface area contributed by atoms with Gasteiger partial charge >= 0.3 is 0 Å². The van der Waals surface area contributed by atoms with Gasteiger partial charge < -0.3 is 9.47 Å². The van der Waals surface area contributed by atoms with Gasteiger partial charge in [0.2, 0.25) is 5.16 Å². The molecule has 0 aliphatic heterocycles. The Morgan fingerprint density at radius 3 is 2.42 bits per heavy atom. The van der Waals surface area contributed by atoms with Crippen LogP contribution in [-0.2, 0) is 18.4 Å². The molecule has 7 heteroatoms. The molecule has 2 aromatic carbocycles. The van der Waals surface area contributed by atoms with Crippen LogP contribution < -0.4 is 9.47 Å². The second-order valence-corrected chi connectivity index (χ2v) is 8.93. The Hall–Kier alpha value is -2.80. The Bertz CT molecular complexity index is 1020. The highest BCUT2D eigenvalue weighted by Gasteiger charge is 2.13. The quantitative estimate of drug-likeness (QED) is 0.351. The molecule has 0 atom stereocenters. The third-order valence-electron chi connectivity index (χ3n) is 4.90. The molecule has 0 bridgehead atoms. The second kappa shape index (κ2) is 10.0. The van der Waals surface area contributed by atoms with Crippen molar-refractivity contribution >= 4 is 18.0 Å². The monoisotopic (exact) mass is 438 g/mol. The lowest BCUT2D eigenvalue weighted by atomic mass is 9.87. The number of aryl methyl sites for hydroxylation is 1. The van der Waals surface area contributed by atoms with Crippen molar-refractivity contribution in [2.45, 2.75) is 51.3 Å². The van der Waals surface area contributed by atoms with Crippen LogP contribution in [-0.4, -0.2) is 34.5 Å². The van der Waals surface area contributed by atoms with Gasteiger partial charge in [-0.15, -0.1) is 10.2 Å². The molecule has 0 radical (unpaired) electrons.